The maximum absolute atomic E-state index is 12.7. The Morgan fingerprint density at radius 1 is 1.40 bits per heavy atom. The van der Waals surface area contributed by atoms with Crippen LogP contribution in [0.1, 0.15) is 11.3 Å². The van der Waals surface area contributed by atoms with Crippen molar-refractivity contribution in [3.8, 4) is 10.6 Å². The molecule has 0 aliphatic rings. The van der Waals surface area contributed by atoms with Crippen LogP contribution in [0.4, 0.5) is 13.2 Å². The predicted octanol–water partition coefficient (Wildman–Crippen LogP) is 4.11. The zero-order valence-corrected chi connectivity index (χ0v) is 11.3. The number of hydrogen-bond donors (Lipinski definition) is 1. The van der Waals surface area contributed by atoms with Gasteiger partial charge in [0.2, 0.25) is 0 Å². The Bertz CT molecular complexity index is 654. The molecule has 0 saturated carbocycles. The van der Waals surface area contributed by atoms with Crippen LogP contribution in [0.15, 0.2) is 23.6 Å². The van der Waals surface area contributed by atoms with Gasteiger partial charge >= 0.3 is 12.1 Å². The summed E-state index contributed by atoms with van der Waals surface area (Å²) < 4.78 is 38.2. The van der Waals surface area contributed by atoms with Gasteiger partial charge in [-0.05, 0) is 6.07 Å². The first kappa shape index (κ1) is 14.8. The Balaban J connectivity index is 2.43. The molecule has 2 aromatic rings. The average molecular weight is 322 g/mol. The molecule has 8 heteroatoms. The van der Waals surface area contributed by atoms with Crippen LogP contribution in [0, 0.1) is 0 Å². The van der Waals surface area contributed by atoms with Crippen LogP contribution in [-0.2, 0) is 17.4 Å². The maximum Gasteiger partial charge on any atom is 0.417 e. The van der Waals surface area contributed by atoms with Gasteiger partial charge in [0, 0.05) is 10.9 Å². The normalized spacial score (nSPS) is 11.6. The van der Waals surface area contributed by atoms with Gasteiger partial charge in [0.05, 0.1) is 22.7 Å². The number of carboxylic acids is 1. The average Bonchev–Trinajstić information content (AvgIpc) is 2.75. The van der Waals surface area contributed by atoms with Crippen molar-refractivity contribution in [2.24, 2.45) is 0 Å². The number of carbonyl (C=O) groups is 1. The largest absolute Gasteiger partial charge is 0.481 e. The van der Waals surface area contributed by atoms with E-state index in [4.69, 9.17) is 16.7 Å². The highest BCUT2D eigenvalue weighted by molar-refractivity contribution is 7.13. The summed E-state index contributed by atoms with van der Waals surface area (Å²) in [5.41, 5.74) is -0.513. The van der Waals surface area contributed by atoms with Gasteiger partial charge in [-0.25, -0.2) is 4.98 Å². The van der Waals surface area contributed by atoms with Gasteiger partial charge in [0.25, 0.3) is 0 Å². The van der Waals surface area contributed by atoms with E-state index in [2.05, 4.69) is 4.98 Å². The van der Waals surface area contributed by atoms with Crippen LogP contribution in [0.5, 0.6) is 0 Å². The fraction of sp³-hybridized carbons (Fsp3) is 0.167. The molecule has 106 valence electrons. The minimum absolute atomic E-state index is 0.142. The van der Waals surface area contributed by atoms with Crippen molar-refractivity contribution in [1.82, 2.24) is 4.98 Å². The summed E-state index contributed by atoms with van der Waals surface area (Å²) in [7, 11) is 0. The van der Waals surface area contributed by atoms with Crippen LogP contribution < -0.4 is 0 Å². The molecule has 1 aromatic carbocycles. The number of hydrogen-bond acceptors (Lipinski definition) is 3. The van der Waals surface area contributed by atoms with Crippen molar-refractivity contribution in [2.75, 3.05) is 0 Å². The van der Waals surface area contributed by atoms with Crippen molar-refractivity contribution in [3.63, 3.8) is 0 Å². The Hall–Kier alpha value is -1.60. The standard InChI is InChI=1S/C12H7ClF3NO2S/c13-10-7(2-1-3-8(10)12(14,15)16)11-17-6(5-20-11)4-9(18)19/h1-3,5H,4H2,(H,18,19). The lowest BCUT2D eigenvalue weighted by Crippen LogP contribution is -2.06. The van der Waals surface area contributed by atoms with Crippen LogP contribution >= 0.6 is 22.9 Å². The quantitative estimate of drug-likeness (QED) is 0.925. The van der Waals surface area contributed by atoms with E-state index < -0.39 is 22.7 Å². The number of benzene rings is 1. The van der Waals surface area contributed by atoms with Gasteiger partial charge in [-0.15, -0.1) is 11.3 Å². The topological polar surface area (TPSA) is 50.2 Å². The first-order valence-corrected chi connectivity index (χ1v) is 6.57. The molecule has 0 amide bonds. The molecule has 3 nitrogen and oxygen atoms in total. The van der Waals surface area contributed by atoms with E-state index in [9.17, 15) is 18.0 Å². The summed E-state index contributed by atoms with van der Waals surface area (Å²) in [6.45, 7) is 0. The van der Waals surface area contributed by atoms with Crippen LogP contribution in [0.3, 0.4) is 0 Å². The number of halogens is 4. The maximum atomic E-state index is 12.7. The van der Waals surface area contributed by atoms with E-state index >= 15 is 0 Å². The van der Waals surface area contributed by atoms with Crippen LogP contribution in [-0.4, -0.2) is 16.1 Å². The first-order chi connectivity index (χ1) is 9.29. The van der Waals surface area contributed by atoms with Crippen LogP contribution in [0.2, 0.25) is 5.02 Å². The third-order valence-electron chi connectivity index (χ3n) is 2.42. The SMILES string of the molecule is O=C(O)Cc1csc(-c2cccc(C(F)(F)F)c2Cl)n1. The number of alkyl halides is 3. The molecular formula is C12H7ClF3NO2S. The number of aliphatic carboxylic acids is 1. The minimum Gasteiger partial charge on any atom is -0.481 e. The third kappa shape index (κ3) is 3.10. The lowest BCUT2D eigenvalue weighted by atomic mass is 10.1. The first-order valence-electron chi connectivity index (χ1n) is 5.31. The van der Waals surface area contributed by atoms with Crippen molar-refractivity contribution in [1.29, 1.82) is 0 Å². The summed E-state index contributed by atoms with van der Waals surface area (Å²) in [5.74, 6) is -1.06. The van der Waals surface area contributed by atoms with E-state index in [0.29, 0.717) is 0 Å². The van der Waals surface area contributed by atoms with E-state index in [1.54, 1.807) is 0 Å². The number of aromatic nitrogens is 1. The highest BCUT2D eigenvalue weighted by atomic mass is 35.5. The summed E-state index contributed by atoms with van der Waals surface area (Å²) in [4.78, 5) is 14.5. The van der Waals surface area contributed by atoms with E-state index in [-0.39, 0.29) is 22.7 Å². The Morgan fingerprint density at radius 2 is 2.10 bits per heavy atom. The molecule has 1 heterocycles. The Kier molecular flexibility index (Phi) is 4.01. The molecule has 0 bridgehead atoms. The van der Waals surface area contributed by atoms with E-state index in [1.807, 2.05) is 0 Å². The molecule has 0 saturated heterocycles. The summed E-state index contributed by atoms with van der Waals surface area (Å²) in [6, 6.07) is 3.54. The molecule has 0 spiro atoms. The summed E-state index contributed by atoms with van der Waals surface area (Å²) >= 11 is 6.83. The van der Waals surface area contributed by atoms with Gasteiger partial charge < -0.3 is 5.11 Å². The van der Waals surface area contributed by atoms with Crippen molar-refractivity contribution in [2.45, 2.75) is 12.6 Å². The van der Waals surface area contributed by atoms with Gasteiger partial charge in [0.15, 0.2) is 0 Å². The van der Waals surface area contributed by atoms with Crippen molar-refractivity contribution in [3.05, 3.63) is 39.9 Å². The van der Waals surface area contributed by atoms with Gasteiger partial charge in [-0.3, -0.25) is 4.79 Å². The molecule has 1 aromatic heterocycles. The monoisotopic (exact) mass is 321 g/mol. The Labute approximate surface area is 120 Å². The molecule has 0 unspecified atom stereocenters. The number of carboxylic acid groups (broad SMARTS) is 1. The molecule has 1 N–H and O–H groups in total. The molecule has 0 fully saturated rings. The third-order valence-corrected chi connectivity index (χ3v) is 3.75. The number of thiazole rings is 1. The molecule has 0 aliphatic heterocycles. The Morgan fingerprint density at radius 3 is 2.70 bits per heavy atom. The lowest BCUT2D eigenvalue weighted by molar-refractivity contribution is -0.137. The van der Waals surface area contributed by atoms with Crippen molar-refractivity contribution >= 4 is 28.9 Å². The molecule has 0 radical (unpaired) electrons. The molecular weight excluding hydrogens is 315 g/mol. The van der Waals surface area contributed by atoms with Gasteiger partial charge in [0.1, 0.15) is 5.01 Å². The molecule has 20 heavy (non-hydrogen) atoms. The fourth-order valence-corrected chi connectivity index (χ4v) is 2.81. The highest BCUT2D eigenvalue weighted by Gasteiger charge is 2.34. The van der Waals surface area contributed by atoms with Gasteiger partial charge in [-0.2, -0.15) is 13.2 Å². The number of rotatable bonds is 3. The van der Waals surface area contributed by atoms with E-state index in [1.165, 1.54) is 17.5 Å². The summed E-state index contributed by atoms with van der Waals surface area (Å²) in [5, 5.41) is 9.96. The second kappa shape index (κ2) is 5.41. The molecule has 0 atom stereocenters. The second-order valence-corrected chi connectivity index (χ2v) is 5.12. The smallest absolute Gasteiger partial charge is 0.417 e. The number of nitrogens with zero attached hydrogens (tertiary/aromatic N) is 1. The molecule has 2 rings (SSSR count). The van der Waals surface area contributed by atoms with Crippen LogP contribution in [0.25, 0.3) is 10.6 Å². The predicted molar refractivity (Wildman–Crippen MR) is 68.9 cm³/mol. The highest BCUT2D eigenvalue weighted by Crippen LogP contribution is 2.40. The molecule has 0 aliphatic carbocycles. The minimum atomic E-state index is -4.55. The van der Waals surface area contributed by atoms with Crippen molar-refractivity contribution < 1.29 is 23.1 Å². The zero-order valence-electron chi connectivity index (χ0n) is 9.74. The summed E-state index contributed by atoms with van der Waals surface area (Å²) in [6.07, 6.45) is -4.83. The zero-order chi connectivity index (χ0) is 14.9. The fourth-order valence-electron chi connectivity index (χ4n) is 1.58. The second-order valence-electron chi connectivity index (χ2n) is 3.88. The van der Waals surface area contributed by atoms with E-state index in [0.717, 1.165) is 17.4 Å². The lowest BCUT2D eigenvalue weighted by Gasteiger charge is -2.10. The van der Waals surface area contributed by atoms with Gasteiger partial charge in [-0.1, -0.05) is 23.7 Å².